The number of hydrogen-bond donors (Lipinski definition) is 1. The van der Waals surface area contributed by atoms with Gasteiger partial charge in [0.1, 0.15) is 0 Å². The Morgan fingerprint density at radius 2 is 2.11 bits per heavy atom. The third kappa shape index (κ3) is 3.12. The van der Waals surface area contributed by atoms with E-state index in [1.54, 1.807) is 7.11 Å². The minimum absolute atomic E-state index is 0.286. The van der Waals surface area contributed by atoms with Gasteiger partial charge in [-0.25, -0.2) is 0 Å². The number of hydrogen-bond acceptors (Lipinski definition) is 2. The van der Waals surface area contributed by atoms with E-state index in [0.717, 1.165) is 5.56 Å². The van der Waals surface area contributed by atoms with Crippen LogP contribution in [0.3, 0.4) is 0 Å². The van der Waals surface area contributed by atoms with Gasteiger partial charge >= 0.3 is 0 Å². The lowest BCUT2D eigenvalue weighted by Gasteiger charge is -2.28. The fourth-order valence-electron chi connectivity index (χ4n) is 2.43. The van der Waals surface area contributed by atoms with E-state index in [1.165, 1.54) is 24.8 Å². The molecule has 100 valence electrons. The van der Waals surface area contributed by atoms with Crippen molar-refractivity contribution >= 4 is 0 Å². The van der Waals surface area contributed by atoms with Gasteiger partial charge in [-0.3, -0.25) is 0 Å². The maximum atomic E-state index is 10.3. The number of aliphatic hydroxyl groups excluding tert-OH is 1. The quantitative estimate of drug-likeness (QED) is 0.858. The summed E-state index contributed by atoms with van der Waals surface area (Å²) in [5, 5.41) is 10.3. The first-order chi connectivity index (χ1) is 8.52. The number of rotatable bonds is 5. The zero-order chi connectivity index (χ0) is 13.2. The summed E-state index contributed by atoms with van der Waals surface area (Å²) in [6.45, 7) is 4.01. The third-order valence-corrected chi connectivity index (χ3v) is 4.11. The normalized spacial score (nSPS) is 18.4. The molecule has 0 aromatic heterocycles. The van der Waals surface area contributed by atoms with Crippen LogP contribution in [-0.2, 0) is 4.74 Å². The van der Waals surface area contributed by atoms with Crippen LogP contribution in [0.5, 0.6) is 0 Å². The van der Waals surface area contributed by atoms with Crippen LogP contribution in [0.2, 0.25) is 0 Å². The van der Waals surface area contributed by atoms with Crippen LogP contribution in [0.15, 0.2) is 24.3 Å². The van der Waals surface area contributed by atoms with Crippen molar-refractivity contribution in [3.8, 4) is 0 Å². The molecule has 2 nitrogen and oxygen atoms in total. The van der Waals surface area contributed by atoms with Crippen molar-refractivity contribution in [1.82, 2.24) is 0 Å². The second-order valence-electron chi connectivity index (χ2n) is 5.98. The Hall–Kier alpha value is -0.860. The second-order valence-corrected chi connectivity index (χ2v) is 5.98. The lowest BCUT2D eigenvalue weighted by molar-refractivity contribution is -0.0201. The summed E-state index contributed by atoms with van der Waals surface area (Å²) in [7, 11) is 1.69. The summed E-state index contributed by atoms with van der Waals surface area (Å²) in [6.07, 6.45) is 4.11. The first kappa shape index (κ1) is 13.6. The standard InChI is InChI=1S/C16H24O2/c1-16(2,18-3)11-15(17)14-9-5-8-13(10-14)12-6-4-7-12/h5,8-10,12,15,17H,4,6-7,11H2,1-3H3. The highest BCUT2D eigenvalue weighted by atomic mass is 16.5. The maximum Gasteiger partial charge on any atom is 0.0817 e. The lowest BCUT2D eigenvalue weighted by Crippen LogP contribution is -2.25. The van der Waals surface area contributed by atoms with Crippen LogP contribution >= 0.6 is 0 Å². The highest BCUT2D eigenvalue weighted by molar-refractivity contribution is 5.29. The van der Waals surface area contributed by atoms with Crippen LogP contribution < -0.4 is 0 Å². The molecule has 1 fully saturated rings. The van der Waals surface area contributed by atoms with Gasteiger partial charge in [-0.15, -0.1) is 0 Å². The summed E-state index contributed by atoms with van der Waals surface area (Å²) < 4.78 is 5.38. The summed E-state index contributed by atoms with van der Waals surface area (Å²) in [6, 6.07) is 8.42. The van der Waals surface area contributed by atoms with Gasteiger partial charge in [0.05, 0.1) is 11.7 Å². The minimum Gasteiger partial charge on any atom is -0.388 e. The molecule has 0 aliphatic heterocycles. The molecule has 18 heavy (non-hydrogen) atoms. The van der Waals surface area contributed by atoms with Gasteiger partial charge in [-0.1, -0.05) is 30.7 Å². The topological polar surface area (TPSA) is 29.5 Å². The number of benzene rings is 1. The van der Waals surface area contributed by atoms with Gasteiger partial charge in [0.2, 0.25) is 0 Å². The van der Waals surface area contributed by atoms with Crippen molar-refractivity contribution in [3.63, 3.8) is 0 Å². The molecule has 1 N–H and O–H groups in total. The molecular formula is C16H24O2. The first-order valence-corrected chi connectivity index (χ1v) is 6.85. The van der Waals surface area contributed by atoms with Gasteiger partial charge in [0.25, 0.3) is 0 Å². The number of aliphatic hydroxyl groups is 1. The van der Waals surface area contributed by atoms with E-state index in [4.69, 9.17) is 4.74 Å². The Morgan fingerprint density at radius 1 is 1.39 bits per heavy atom. The molecule has 0 spiro atoms. The Kier molecular flexibility index (Phi) is 4.08. The zero-order valence-corrected chi connectivity index (χ0v) is 11.6. The molecule has 0 amide bonds. The zero-order valence-electron chi connectivity index (χ0n) is 11.6. The smallest absolute Gasteiger partial charge is 0.0817 e. The van der Waals surface area contributed by atoms with Crippen LogP contribution in [0.4, 0.5) is 0 Å². The van der Waals surface area contributed by atoms with Crippen molar-refractivity contribution in [1.29, 1.82) is 0 Å². The van der Waals surface area contributed by atoms with Crippen molar-refractivity contribution in [3.05, 3.63) is 35.4 Å². The van der Waals surface area contributed by atoms with Gasteiger partial charge in [0, 0.05) is 13.5 Å². The van der Waals surface area contributed by atoms with E-state index in [1.807, 2.05) is 19.9 Å². The van der Waals surface area contributed by atoms with E-state index < -0.39 is 6.10 Å². The van der Waals surface area contributed by atoms with E-state index in [-0.39, 0.29) is 5.60 Å². The fourth-order valence-corrected chi connectivity index (χ4v) is 2.43. The predicted molar refractivity (Wildman–Crippen MR) is 73.7 cm³/mol. The average Bonchev–Trinajstić information content (AvgIpc) is 2.27. The third-order valence-electron chi connectivity index (χ3n) is 4.11. The molecule has 1 atom stereocenters. The number of ether oxygens (including phenoxy) is 1. The molecule has 2 rings (SSSR count). The summed E-state index contributed by atoms with van der Waals surface area (Å²) in [5.74, 6) is 0.715. The largest absolute Gasteiger partial charge is 0.388 e. The molecule has 1 unspecified atom stereocenters. The van der Waals surface area contributed by atoms with Crippen molar-refractivity contribution < 1.29 is 9.84 Å². The number of methoxy groups -OCH3 is 1. The monoisotopic (exact) mass is 248 g/mol. The average molecular weight is 248 g/mol. The molecule has 2 heteroatoms. The van der Waals surface area contributed by atoms with E-state index in [9.17, 15) is 5.11 Å². The molecule has 0 heterocycles. The van der Waals surface area contributed by atoms with Crippen LogP contribution in [0.1, 0.15) is 62.7 Å². The molecular weight excluding hydrogens is 224 g/mol. The van der Waals surface area contributed by atoms with Crippen molar-refractivity contribution in [2.45, 2.75) is 57.2 Å². The highest BCUT2D eigenvalue weighted by Crippen LogP contribution is 2.37. The van der Waals surface area contributed by atoms with Crippen molar-refractivity contribution in [2.75, 3.05) is 7.11 Å². The molecule has 1 aromatic rings. The second kappa shape index (κ2) is 5.41. The summed E-state index contributed by atoms with van der Waals surface area (Å²) >= 11 is 0. The van der Waals surface area contributed by atoms with E-state index in [2.05, 4.69) is 18.2 Å². The SMILES string of the molecule is COC(C)(C)CC(O)c1cccc(C2CCC2)c1. The molecule has 1 saturated carbocycles. The molecule has 0 saturated heterocycles. The fraction of sp³-hybridized carbons (Fsp3) is 0.625. The van der Waals surface area contributed by atoms with Gasteiger partial charge in [0.15, 0.2) is 0 Å². The molecule has 1 aliphatic rings. The minimum atomic E-state index is -0.444. The van der Waals surface area contributed by atoms with Crippen LogP contribution in [-0.4, -0.2) is 17.8 Å². The molecule has 0 bridgehead atoms. The van der Waals surface area contributed by atoms with Gasteiger partial charge < -0.3 is 9.84 Å². The van der Waals surface area contributed by atoms with E-state index in [0.29, 0.717) is 12.3 Å². The first-order valence-electron chi connectivity index (χ1n) is 6.85. The lowest BCUT2D eigenvalue weighted by atomic mass is 9.79. The maximum absolute atomic E-state index is 10.3. The molecule has 1 aromatic carbocycles. The summed E-state index contributed by atoms with van der Waals surface area (Å²) in [4.78, 5) is 0. The Labute approximate surface area is 110 Å². The van der Waals surface area contributed by atoms with Crippen molar-refractivity contribution in [2.24, 2.45) is 0 Å². The predicted octanol–water partition coefficient (Wildman–Crippen LogP) is 3.80. The summed E-state index contributed by atoms with van der Waals surface area (Å²) in [5.41, 5.74) is 2.11. The Bertz CT molecular complexity index is 394. The molecule has 1 aliphatic carbocycles. The Balaban J connectivity index is 2.07. The molecule has 0 radical (unpaired) electrons. The highest BCUT2D eigenvalue weighted by Gasteiger charge is 2.24. The van der Waals surface area contributed by atoms with Crippen LogP contribution in [0, 0.1) is 0 Å². The van der Waals surface area contributed by atoms with Crippen LogP contribution in [0.25, 0.3) is 0 Å². The van der Waals surface area contributed by atoms with Gasteiger partial charge in [-0.2, -0.15) is 0 Å². The van der Waals surface area contributed by atoms with Gasteiger partial charge in [-0.05, 0) is 43.7 Å². The van der Waals surface area contributed by atoms with E-state index >= 15 is 0 Å². The Morgan fingerprint density at radius 3 is 2.67 bits per heavy atom.